The van der Waals surface area contributed by atoms with Crippen molar-refractivity contribution in [2.24, 2.45) is 0 Å². The maximum absolute atomic E-state index is 9.30. The minimum Gasteiger partial charge on any atom is -0.504 e. The molecule has 4 heteroatoms. The van der Waals surface area contributed by atoms with Crippen molar-refractivity contribution in [2.45, 2.75) is 13.3 Å². The molecule has 2 aromatic carbocycles. The van der Waals surface area contributed by atoms with Crippen LogP contribution in [0.1, 0.15) is 18.1 Å². The van der Waals surface area contributed by atoms with Crippen LogP contribution in [0.4, 0.5) is 0 Å². The number of methoxy groups -OCH3 is 1. The predicted octanol–water partition coefficient (Wildman–Crippen LogP) is 3.70. The van der Waals surface area contributed by atoms with Crippen LogP contribution in [0.2, 0.25) is 0 Å². The van der Waals surface area contributed by atoms with Crippen LogP contribution in [0.5, 0.6) is 23.0 Å². The second-order valence-corrected chi connectivity index (χ2v) is 4.28. The van der Waals surface area contributed by atoms with E-state index >= 15 is 0 Å². The van der Waals surface area contributed by atoms with E-state index in [4.69, 9.17) is 14.9 Å². The lowest BCUT2D eigenvalue weighted by molar-refractivity contribution is 0.369. The number of para-hydroxylation sites is 1. The summed E-state index contributed by atoms with van der Waals surface area (Å²) in [6, 6.07) is 9.92. The molecule has 0 bridgehead atoms. The molecule has 0 saturated carbocycles. The fraction of sp³-hybridized carbons (Fsp3) is 0.176. The summed E-state index contributed by atoms with van der Waals surface area (Å²) in [5.41, 5.74) is 1.82. The summed E-state index contributed by atoms with van der Waals surface area (Å²) in [6.07, 6.45) is 2.47. The molecule has 0 spiro atoms. The summed E-state index contributed by atoms with van der Waals surface area (Å²) in [4.78, 5) is 0. The third-order valence-electron chi connectivity index (χ3n) is 2.90. The number of phenolic OH excluding ortho intramolecular Hbond substituents is 3. The minimum absolute atomic E-state index is 0.106. The number of ether oxygens (including phenoxy) is 1. The lowest BCUT2D eigenvalue weighted by Crippen LogP contribution is -1.89. The molecule has 3 N–H and O–H groups in total. The summed E-state index contributed by atoms with van der Waals surface area (Å²) < 4.78 is 5.02. The second kappa shape index (κ2) is 7.85. The van der Waals surface area contributed by atoms with Gasteiger partial charge in [0, 0.05) is 0 Å². The molecule has 0 fully saturated rings. The molecule has 2 aromatic rings. The van der Waals surface area contributed by atoms with Crippen molar-refractivity contribution in [2.75, 3.05) is 7.11 Å². The molecule has 0 aliphatic heterocycles. The summed E-state index contributed by atoms with van der Waals surface area (Å²) in [5.74, 6) is 0.588. The van der Waals surface area contributed by atoms with E-state index < -0.39 is 0 Å². The van der Waals surface area contributed by atoms with E-state index in [0.717, 1.165) is 17.5 Å². The molecule has 0 radical (unpaired) electrons. The number of phenols is 3. The van der Waals surface area contributed by atoms with E-state index in [1.807, 2.05) is 19.1 Å². The van der Waals surface area contributed by atoms with Crippen LogP contribution < -0.4 is 4.74 Å². The zero-order valence-corrected chi connectivity index (χ0v) is 12.2. The van der Waals surface area contributed by atoms with Crippen molar-refractivity contribution >= 4 is 6.08 Å². The maximum atomic E-state index is 9.30. The predicted molar refractivity (Wildman–Crippen MR) is 83.9 cm³/mol. The van der Waals surface area contributed by atoms with Crippen LogP contribution in [-0.4, -0.2) is 22.4 Å². The van der Waals surface area contributed by atoms with Gasteiger partial charge in [0.05, 0.1) is 7.11 Å². The molecule has 0 amide bonds. The molecule has 0 unspecified atom stereocenters. The highest BCUT2D eigenvalue weighted by Gasteiger charge is 2.04. The van der Waals surface area contributed by atoms with E-state index in [1.165, 1.54) is 12.1 Å². The molecule has 2 rings (SSSR count). The number of aryl methyl sites for hydroxylation is 1. The number of hydrogen-bond acceptors (Lipinski definition) is 4. The van der Waals surface area contributed by atoms with Crippen molar-refractivity contribution in [1.29, 1.82) is 0 Å². The van der Waals surface area contributed by atoms with Crippen LogP contribution in [0.25, 0.3) is 6.08 Å². The van der Waals surface area contributed by atoms with Crippen LogP contribution >= 0.6 is 0 Å². The standard InChI is InChI=1S/C9H12O2.C8H8O2/c1-3-7-5-4-6-8(10)9(7)11-2;1-2-6-3-4-7(9)8(10)5-6/h4-6,10H,3H2,1-2H3;2-5,9-10H,1H2. The molecular weight excluding hydrogens is 268 g/mol. The van der Waals surface area contributed by atoms with Gasteiger partial charge in [0.2, 0.25) is 0 Å². The van der Waals surface area contributed by atoms with Gasteiger partial charge < -0.3 is 20.1 Å². The van der Waals surface area contributed by atoms with Crippen molar-refractivity contribution in [3.05, 3.63) is 54.1 Å². The quantitative estimate of drug-likeness (QED) is 0.753. The van der Waals surface area contributed by atoms with Gasteiger partial charge in [-0.1, -0.05) is 37.8 Å². The summed E-state index contributed by atoms with van der Waals surface area (Å²) >= 11 is 0. The smallest absolute Gasteiger partial charge is 0.163 e. The first-order valence-electron chi connectivity index (χ1n) is 6.52. The SMILES string of the molecule is C=Cc1ccc(O)c(O)c1.CCc1cccc(O)c1OC. The van der Waals surface area contributed by atoms with Crippen molar-refractivity contribution in [3.8, 4) is 23.0 Å². The monoisotopic (exact) mass is 288 g/mol. The highest BCUT2D eigenvalue weighted by molar-refractivity contribution is 5.53. The third kappa shape index (κ3) is 4.45. The van der Waals surface area contributed by atoms with E-state index in [2.05, 4.69) is 6.58 Å². The number of aromatic hydroxyl groups is 3. The van der Waals surface area contributed by atoms with Gasteiger partial charge in [-0.2, -0.15) is 0 Å². The number of rotatable bonds is 3. The molecule has 0 atom stereocenters. The Hall–Kier alpha value is -2.62. The topological polar surface area (TPSA) is 69.9 Å². The van der Waals surface area contributed by atoms with E-state index in [-0.39, 0.29) is 17.2 Å². The van der Waals surface area contributed by atoms with Crippen LogP contribution in [-0.2, 0) is 6.42 Å². The van der Waals surface area contributed by atoms with Crippen molar-refractivity contribution < 1.29 is 20.1 Å². The fourth-order valence-electron chi connectivity index (χ4n) is 1.75. The lowest BCUT2D eigenvalue weighted by atomic mass is 10.1. The molecule has 0 aliphatic carbocycles. The molecule has 0 heterocycles. The van der Waals surface area contributed by atoms with E-state index in [9.17, 15) is 5.11 Å². The molecule has 21 heavy (non-hydrogen) atoms. The summed E-state index contributed by atoms with van der Waals surface area (Å²) in [6.45, 7) is 5.53. The second-order valence-electron chi connectivity index (χ2n) is 4.28. The lowest BCUT2D eigenvalue weighted by Gasteiger charge is -2.07. The van der Waals surface area contributed by atoms with Crippen LogP contribution in [0.15, 0.2) is 43.0 Å². The molecule has 4 nitrogen and oxygen atoms in total. The van der Waals surface area contributed by atoms with Gasteiger partial charge in [-0.15, -0.1) is 0 Å². The highest BCUT2D eigenvalue weighted by atomic mass is 16.5. The van der Waals surface area contributed by atoms with Gasteiger partial charge in [-0.3, -0.25) is 0 Å². The zero-order valence-electron chi connectivity index (χ0n) is 12.2. The first kappa shape index (κ1) is 16.4. The maximum Gasteiger partial charge on any atom is 0.163 e. The van der Waals surface area contributed by atoms with Gasteiger partial charge in [0.15, 0.2) is 23.0 Å². The Bertz CT molecular complexity index is 606. The number of benzene rings is 2. The number of hydrogen-bond donors (Lipinski definition) is 3. The van der Waals surface area contributed by atoms with E-state index in [0.29, 0.717) is 5.75 Å². The Morgan fingerprint density at radius 1 is 1.05 bits per heavy atom. The summed E-state index contributed by atoms with van der Waals surface area (Å²) in [7, 11) is 1.56. The Balaban J connectivity index is 0.000000211. The Morgan fingerprint density at radius 2 is 1.76 bits per heavy atom. The normalized spacial score (nSPS) is 9.43. The molecular formula is C17H20O4. The largest absolute Gasteiger partial charge is 0.504 e. The average molecular weight is 288 g/mol. The fourth-order valence-corrected chi connectivity index (χ4v) is 1.75. The zero-order chi connectivity index (χ0) is 15.8. The van der Waals surface area contributed by atoms with Gasteiger partial charge in [-0.25, -0.2) is 0 Å². The Labute approximate surface area is 124 Å². The molecule has 112 valence electrons. The molecule has 0 aromatic heterocycles. The Morgan fingerprint density at radius 3 is 2.24 bits per heavy atom. The van der Waals surface area contributed by atoms with Crippen LogP contribution in [0, 0.1) is 0 Å². The summed E-state index contributed by atoms with van der Waals surface area (Å²) in [5, 5.41) is 27.1. The van der Waals surface area contributed by atoms with Gasteiger partial charge in [0.25, 0.3) is 0 Å². The van der Waals surface area contributed by atoms with Crippen LogP contribution in [0.3, 0.4) is 0 Å². The Kier molecular flexibility index (Phi) is 6.14. The highest BCUT2D eigenvalue weighted by Crippen LogP contribution is 2.29. The third-order valence-corrected chi connectivity index (χ3v) is 2.90. The first-order valence-corrected chi connectivity index (χ1v) is 6.52. The molecule has 0 aliphatic rings. The van der Waals surface area contributed by atoms with Gasteiger partial charge >= 0.3 is 0 Å². The van der Waals surface area contributed by atoms with Gasteiger partial charge in [0.1, 0.15) is 0 Å². The first-order chi connectivity index (χ1) is 10.0. The van der Waals surface area contributed by atoms with Crippen molar-refractivity contribution in [3.63, 3.8) is 0 Å². The minimum atomic E-state index is -0.114. The van der Waals surface area contributed by atoms with E-state index in [1.54, 1.807) is 25.3 Å². The average Bonchev–Trinajstić information content (AvgIpc) is 2.50. The van der Waals surface area contributed by atoms with Gasteiger partial charge in [-0.05, 0) is 35.7 Å². The van der Waals surface area contributed by atoms with Crippen molar-refractivity contribution in [1.82, 2.24) is 0 Å². The molecule has 0 saturated heterocycles.